The molecule has 0 saturated heterocycles. The average molecular weight is 680 g/mol. The molecule has 49 heavy (non-hydrogen) atoms. The molecule has 2 aromatic heterocycles. The molecule has 3 aromatic carbocycles. The van der Waals surface area contributed by atoms with Gasteiger partial charge < -0.3 is 18.9 Å². The van der Waals surface area contributed by atoms with Crippen LogP contribution in [0, 0.1) is 18.8 Å². The minimum Gasteiger partial charge on any atom is -0.493 e. The second-order valence-corrected chi connectivity index (χ2v) is 13.5. The topological polar surface area (TPSA) is 135 Å². The van der Waals surface area contributed by atoms with Crippen molar-refractivity contribution in [1.29, 1.82) is 0 Å². The smallest absolute Gasteiger partial charge is 0.264 e. The summed E-state index contributed by atoms with van der Waals surface area (Å²) in [5.41, 5.74) is 3.03. The van der Waals surface area contributed by atoms with Crippen LogP contribution in [0.2, 0.25) is 0 Å². The van der Waals surface area contributed by atoms with Crippen molar-refractivity contribution in [2.24, 2.45) is 0 Å². The van der Waals surface area contributed by atoms with E-state index in [0.29, 0.717) is 12.4 Å². The monoisotopic (exact) mass is 679 g/mol. The molecule has 0 fully saturated rings. The van der Waals surface area contributed by atoms with Crippen LogP contribution < -0.4 is 18.9 Å². The lowest BCUT2D eigenvalue weighted by molar-refractivity contribution is 0.153. The third-order valence-corrected chi connectivity index (χ3v) is 8.47. The zero-order valence-electron chi connectivity index (χ0n) is 27.9. The average Bonchev–Trinajstić information content (AvgIpc) is 3.10. The maximum atomic E-state index is 13.8. The van der Waals surface area contributed by atoms with Gasteiger partial charge in [-0.05, 0) is 53.8 Å². The maximum Gasteiger partial charge on any atom is 0.264 e. The molecule has 0 aliphatic rings. The number of para-hydroxylation sites is 2. The summed E-state index contributed by atoms with van der Waals surface area (Å²) in [5.74, 6) is 6.21. The second kappa shape index (κ2) is 15.6. The fourth-order valence-corrected chi connectivity index (χ4v) is 5.45. The molecule has 0 atom stereocenters. The van der Waals surface area contributed by atoms with E-state index >= 15 is 0 Å². The van der Waals surface area contributed by atoms with Gasteiger partial charge in [0, 0.05) is 12.4 Å². The predicted molar refractivity (Wildman–Crippen MR) is 186 cm³/mol. The van der Waals surface area contributed by atoms with E-state index in [1.807, 2.05) is 31.2 Å². The van der Waals surface area contributed by atoms with E-state index in [2.05, 4.69) is 57.3 Å². The minimum absolute atomic E-state index is 0.00172. The van der Waals surface area contributed by atoms with Crippen molar-refractivity contribution in [3.63, 3.8) is 0 Å². The van der Waals surface area contributed by atoms with Gasteiger partial charge in [0.15, 0.2) is 29.7 Å². The van der Waals surface area contributed by atoms with E-state index in [4.69, 9.17) is 18.9 Å². The lowest BCUT2D eigenvalue weighted by atomic mass is 9.87. The van der Waals surface area contributed by atoms with Gasteiger partial charge in [0.1, 0.15) is 6.61 Å². The molecule has 252 valence electrons. The summed E-state index contributed by atoms with van der Waals surface area (Å²) in [6.07, 6.45) is 3.04. The minimum atomic E-state index is -4.17. The Kier molecular flexibility index (Phi) is 11.1. The quantitative estimate of drug-likeness (QED) is 0.112. The zero-order valence-corrected chi connectivity index (χ0v) is 28.7. The Balaban J connectivity index is 1.48. The lowest BCUT2D eigenvalue weighted by Crippen LogP contribution is -2.17. The first-order valence-corrected chi connectivity index (χ1v) is 16.9. The van der Waals surface area contributed by atoms with Crippen molar-refractivity contribution >= 4 is 15.8 Å². The first kappa shape index (κ1) is 34.8. The van der Waals surface area contributed by atoms with Gasteiger partial charge in [-0.1, -0.05) is 86.7 Å². The molecule has 0 aliphatic carbocycles. The summed E-state index contributed by atoms with van der Waals surface area (Å²) in [5, 5.41) is 0. The highest BCUT2D eigenvalue weighted by atomic mass is 32.2. The number of methoxy groups -OCH3 is 1. The van der Waals surface area contributed by atoms with Gasteiger partial charge >= 0.3 is 0 Å². The molecule has 1 N–H and O–H groups in total. The van der Waals surface area contributed by atoms with E-state index in [1.165, 1.54) is 25.1 Å². The van der Waals surface area contributed by atoms with Crippen LogP contribution in [0.25, 0.3) is 11.6 Å². The van der Waals surface area contributed by atoms with E-state index in [9.17, 15) is 8.42 Å². The first-order chi connectivity index (χ1) is 23.5. The summed E-state index contributed by atoms with van der Waals surface area (Å²) < 4.78 is 53.5. The zero-order chi connectivity index (χ0) is 34.9. The third kappa shape index (κ3) is 9.31. The van der Waals surface area contributed by atoms with Crippen molar-refractivity contribution < 1.29 is 27.4 Å². The molecular formula is C37H37N5O6S. The third-order valence-electron chi connectivity index (χ3n) is 7.11. The van der Waals surface area contributed by atoms with Crippen molar-refractivity contribution in [2.75, 3.05) is 25.0 Å². The van der Waals surface area contributed by atoms with E-state index < -0.39 is 10.0 Å². The Bertz CT molecular complexity index is 2040. The van der Waals surface area contributed by atoms with E-state index in [-0.39, 0.29) is 58.4 Å². The molecule has 0 bridgehead atoms. The van der Waals surface area contributed by atoms with Crippen LogP contribution in [-0.2, 0) is 26.8 Å². The van der Waals surface area contributed by atoms with Crippen LogP contribution in [0.4, 0.5) is 5.82 Å². The summed E-state index contributed by atoms with van der Waals surface area (Å²) in [4.78, 5) is 17.5. The van der Waals surface area contributed by atoms with Crippen molar-refractivity contribution in [2.45, 2.75) is 44.6 Å². The van der Waals surface area contributed by atoms with Crippen LogP contribution >= 0.6 is 0 Å². The molecule has 2 heterocycles. The Hall–Kier alpha value is -5.51. The molecule has 5 aromatic rings. The number of nitrogens with zero attached hydrogens (tertiary/aromatic N) is 4. The Morgan fingerprint density at radius 1 is 0.796 bits per heavy atom. The van der Waals surface area contributed by atoms with Crippen LogP contribution in [0.1, 0.15) is 37.5 Å². The normalized spacial score (nSPS) is 11.3. The van der Waals surface area contributed by atoms with Gasteiger partial charge in [-0.3, -0.25) is 4.72 Å². The molecule has 0 radical (unpaired) electrons. The summed E-state index contributed by atoms with van der Waals surface area (Å²) in [7, 11) is -2.68. The first-order valence-electron chi connectivity index (χ1n) is 15.4. The molecule has 5 rings (SSSR count). The van der Waals surface area contributed by atoms with Crippen molar-refractivity contribution in [3.05, 3.63) is 108 Å². The fraction of sp³-hybridized carbons (Fsp3) is 0.243. The van der Waals surface area contributed by atoms with Gasteiger partial charge in [-0.25, -0.2) is 23.4 Å². The van der Waals surface area contributed by atoms with Crippen LogP contribution in [0.5, 0.6) is 23.1 Å². The number of benzene rings is 3. The molecule has 0 unspecified atom stereocenters. The number of hydrogen-bond acceptors (Lipinski definition) is 10. The van der Waals surface area contributed by atoms with E-state index in [1.54, 1.807) is 54.6 Å². The van der Waals surface area contributed by atoms with Gasteiger partial charge in [0.05, 0.1) is 18.6 Å². The SMILES string of the molecule is COc1ccccc1Oc1c(NS(=O)(=O)c2ccc(C(C)(C)C)cc2)nc(-c2ncccn2)nc1OCC#CCOCc1ccc(C)cc1. The predicted octanol–water partition coefficient (Wildman–Crippen LogP) is 6.74. The summed E-state index contributed by atoms with van der Waals surface area (Å²) in [6, 6.07) is 23.2. The standard InChI is InChI=1S/C37H37N5O6S/c1-26-13-15-27(16-14-26)25-46-23-8-9-24-47-36-32(48-31-12-7-6-11-30(31)45-5)33(40-35(41-36)34-38-21-10-22-39-34)42-49(43,44)29-19-17-28(18-20-29)37(2,3)4/h6-7,10-22H,23-25H2,1-5H3,(H,40,41,42). The van der Waals surface area contributed by atoms with Gasteiger partial charge in [0.25, 0.3) is 15.9 Å². The molecule has 0 spiro atoms. The van der Waals surface area contributed by atoms with Gasteiger partial charge in [-0.2, -0.15) is 4.98 Å². The maximum absolute atomic E-state index is 13.8. The number of nitrogens with one attached hydrogen (secondary N) is 1. The molecule has 0 saturated carbocycles. The molecular weight excluding hydrogens is 643 g/mol. The van der Waals surface area contributed by atoms with Crippen LogP contribution in [-0.4, -0.2) is 48.7 Å². The van der Waals surface area contributed by atoms with Crippen molar-refractivity contribution in [1.82, 2.24) is 19.9 Å². The number of sulfonamides is 1. The Morgan fingerprint density at radius 2 is 1.47 bits per heavy atom. The van der Waals surface area contributed by atoms with E-state index in [0.717, 1.165) is 11.1 Å². The van der Waals surface area contributed by atoms with Gasteiger partial charge in [-0.15, -0.1) is 0 Å². The summed E-state index contributed by atoms with van der Waals surface area (Å²) in [6.45, 7) is 8.65. The number of ether oxygens (including phenoxy) is 4. The molecule has 0 aliphatic heterocycles. The largest absolute Gasteiger partial charge is 0.493 e. The number of aryl methyl sites for hydroxylation is 1. The number of rotatable bonds is 12. The molecule has 12 heteroatoms. The number of hydrogen-bond donors (Lipinski definition) is 1. The number of anilines is 1. The summed E-state index contributed by atoms with van der Waals surface area (Å²) >= 11 is 0. The second-order valence-electron chi connectivity index (χ2n) is 11.9. The Morgan fingerprint density at radius 3 is 2.14 bits per heavy atom. The van der Waals surface area contributed by atoms with Gasteiger partial charge in [0.2, 0.25) is 11.6 Å². The number of aromatic nitrogens is 4. The Labute approximate surface area is 286 Å². The molecule has 11 nitrogen and oxygen atoms in total. The fourth-order valence-electron chi connectivity index (χ4n) is 4.45. The molecule has 0 amide bonds. The van der Waals surface area contributed by atoms with Crippen LogP contribution in [0.3, 0.4) is 0 Å². The highest BCUT2D eigenvalue weighted by Gasteiger charge is 2.26. The highest BCUT2D eigenvalue weighted by Crippen LogP contribution is 2.41. The van der Waals surface area contributed by atoms with Crippen LogP contribution in [0.15, 0.2) is 96.2 Å². The lowest BCUT2D eigenvalue weighted by Gasteiger charge is -2.20. The highest BCUT2D eigenvalue weighted by molar-refractivity contribution is 7.92. The van der Waals surface area contributed by atoms with Crippen molar-refractivity contribution in [3.8, 4) is 46.6 Å².